The van der Waals surface area contributed by atoms with Crippen LogP contribution in [0.15, 0.2) is 24.3 Å². The van der Waals surface area contributed by atoms with Crippen LogP contribution in [-0.4, -0.2) is 18.2 Å². The van der Waals surface area contributed by atoms with Gasteiger partial charge in [0.05, 0.1) is 0 Å². The SMILES string of the molecule is CCP(CC)c1ccccc1C(=N)N. The van der Waals surface area contributed by atoms with E-state index in [9.17, 15) is 0 Å². The Kier molecular flexibility index (Phi) is 4.09. The molecule has 3 N–H and O–H groups in total. The van der Waals surface area contributed by atoms with E-state index in [0.717, 1.165) is 17.9 Å². The number of hydrogen-bond donors (Lipinski definition) is 2. The zero-order valence-electron chi connectivity index (χ0n) is 8.75. The normalized spacial score (nSPS) is 10.5. The van der Waals surface area contributed by atoms with Crippen LogP contribution in [0.2, 0.25) is 0 Å². The predicted octanol–water partition coefficient (Wildman–Crippen LogP) is 2.12. The molecule has 1 rings (SSSR count). The van der Waals surface area contributed by atoms with E-state index in [0.29, 0.717) is 0 Å². The van der Waals surface area contributed by atoms with Crippen molar-refractivity contribution in [3.8, 4) is 0 Å². The second kappa shape index (κ2) is 5.11. The van der Waals surface area contributed by atoms with Gasteiger partial charge in [0, 0.05) is 5.56 Å². The third-order valence-electron chi connectivity index (χ3n) is 2.30. The summed E-state index contributed by atoms with van der Waals surface area (Å²) in [6.45, 7) is 4.40. The molecule has 0 aromatic heterocycles. The van der Waals surface area contributed by atoms with Gasteiger partial charge in [-0.2, -0.15) is 0 Å². The van der Waals surface area contributed by atoms with E-state index in [4.69, 9.17) is 11.1 Å². The summed E-state index contributed by atoms with van der Waals surface area (Å²) in [4.78, 5) is 0. The minimum absolute atomic E-state index is 0.125. The van der Waals surface area contributed by atoms with E-state index in [1.807, 2.05) is 18.2 Å². The molecule has 0 amide bonds. The van der Waals surface area contributed by atoms with Crippen molar-refractivity contribution in [3.63, 3.8) is 0 Å². The van der Waals surface area contributed by atoms with Crippen LogP contribution >= 0.6 is 7.92 Å². The highest BCUT2D eigenvalue weighted by Crippen LogP contribution is 2.34. The zero-order chi connectivity index (χ0) is 10.6. The third-order valence-corrected chi connectivity index (χ3v) is 4.90. The molecular formula is C11H17N2P. The Bertz CT molecular complexity index is 319. The summed E-state index contributed by atoms with van der Waals surface area (Å²) in [6, 6.07) is 8.02. The molecule has 2 nitrogen and oxygen atoms in total. The van der Waals surface area contributed by atoms with Crippen LogP contribution in [-0.2, 0) is 0 Å². The van der Waals surface area contributed by atoms with Crippen LogP contribution in [0.5, 0.6) is 0 Å². The number of rotatable bonds is 4. The van der Waals surface area contributed by atoms with Gasteiger partial charge < -0.3 is 5.73 Å². The van der Waals surface area contributed by atoms with E-state index in [2.05, 4.69) is 19.9 Å². The molecule has 0 radical (unpaired) electrons. The molecule has 0 aliphatic heterocycles. The Hall–Kier alpha value is -0.880. The molecule has 76 valence electrons. The molecule has 0 saturated carbocycles. The Morgan fingerprint density at radius 1 is 1.29 bits per heavy atom. The highest BCUT2D eigenvalue weighted by molar-refractivity contribution is 7.65. The van der Waals surface area contributed by atoms with E-state index in [-0.39, 0.29) is 13.8 Å². The largest absolute Gasteiger partial charge is 0.384 e. The van der Waals surface area contributed by atoms with Crippen molar-refractivity contribution in [2.24, 2.45) is 5.73 Å². The zero-order valence-corrected chi connectivity index (χ0v) is 9.64. The first-order valence-electron chi connectivity index (χ1n) is 4.89. The maximum Gasteiger partial charge on any atom is 0.123 e. The first-order valence-corrected chi connectivity index (χ1v) is 6.60. The minimum atomic E-state index is -0.125. The highest BCUT2D eigenvalue weighted by atomic mass is 31.1. The van der Waals surface area contributed by atoms with Crippen LogP contribution in [0.3, 0.4) is 0 Å². The van der Waals surface area contributed by atoms with Crippen molar-refractivity contribution in [2.45, 2.75) is 13.8 Å². The number of benzene rings is 1. The Labute approximate surface area is 86.8 Å². The topological polar surface area (TPSA) is 49.9 Å². The first-order chi connectivity index (χ1) is 6.70. The van der Waals surface area contributed by atoms with Crippen molar-refractivity contribution in [2.75, 3.05) is 12.3 Å². The molecule has 0 spiro atoms. The molecule has 0 unspecified atom stereocenters. The van der Waals surface area contributed by atoms with Gasteiger partial charge >= 0.3 is 0 Å². The van der Waals surface area contributed by atoms with Gasteiger partial charge in [0.2, 0.25) is 0 Å². The van der Waals surface area contributed by atoms with Gasteiger partial charge in [-0.05, 0) is 17.6 Å². The third kappa shape index (κ3) is 2.33. The van der Waals surface area contributed by atoms with Crippen LogP contribution in [0.1, 0.15) is 19.4 Å². The molecule has 1 aromatic carbocycles. The van der Waals surface area contributed by atoms with E-state index in [1.165, 1.54) is 5.30 Å². The predicted molar refractivity (Wildman–Crippen MR) is 65.1 cm³/mol. The van der Waals surface area contributed by atoms with Crippen molar-refractivity contribution < 1.29 is 0 Å². The lowest BCUT2D eigenvalue weighted by molar-refractivity contribution is 1.41. The summed E-state index contributed by atoms with van der Waals surface area (Å²) in [5.74, 6) is 0.190. The number of nitrogens with one attached hydrogen (secondary N) is 1. The molecule has 3 heteroatoms. The Morgan fingerprint density at radius 2 is 1.86 bits per heavy atom. The molecular weight excluding hydrogens is 191 g/mol. The van der Waals surface area contributed by atoms with Gasteiger partial charge in [-0.3, -0.25) is 5.41 Å². The second-order valence-corrected chi connectivity index (χ2v) is 5.93. The van der Waals surface area contributed by atoms with Crippen molar-refractivity contribution in [1.82, 2.24) is 0 Å². The lowest BCUT2D eigenvalue weighted by atomic mass is 10.2. The maximum atomic E-state index is 7.51. The number of nitrogens with two attached hydrogens (primary N) is 1. The van der Waals surface area contributed by atoms with Crippen molar-refractivity contribution >= 4 is 19.1 Å². The Morgan fingerprint density at radius 3 is 2.36 bits per heavy atom. The second-order valence-electron chi connectivity index (χ2n) is 3.10. The molecule has 14 heavy (non-hydrogen) atoms. The average molecular weight is 208 g/mol. The summed E-state index contributed by atoms with van der Waals surface area (Å²) >= 11 is 0. The van der Waals surface area contributed by atoms with Crippen molar-refractivity contribution in [1.29, 1.82) is 5.41 Å². The van der Waals surface area contributed by atoms with Gasteiger partial charge in [-0.1, -0.05) is 46.0 Å². The summed E-state index contributed by atoms with van der Waals surface area (Å²) in [5, 5.41) is 8.79. The summed E-state index contributed by atoms with van der Waals surface area (Å²) < 4.78 is 0. The van der Waals surface area contributed by atoms with E-state index < -0.39 is 0 Å². The highest BCUT2D eigenvalue weighted by Gasteiger charge is 2.11. The molecule has 0 aliphatic rings. The van der Waals surface area contributed by atoms with Crippen LogP contribution < -0.4 is 11.0 Å². The van der Waals surface area contributed by atoms with Gasteiger partial charge in [-0.25, -0.2) is 0 Å². The maximum absolute atomic E-state index is 7.51. The van der Waals surface area contributed by atoms with Gasteiger partial charge in [0.25, 0.3) is 0 Å². The molecule has 0 aliphatic carbocycles. The number of nitrogen functional groups attached to an aromatic ring is 1. The van der Waals surface area contributed by atoms with Gasteiger partial charge in [-0.15, -0.1) is 0 Å². The van der Waals surface area contributed by atoms with E-state index in [1.54, 1.807) is 0 Å². The lowest BCUT2D eigenvalue weighted by Gasteiger charge is -2.17. The van der Waals surface area contributed by atoms with E-state index >= 15 is 0 Å². The summed E-state index contributed by atoms with van der Waals surface area (Å²) in [5.41, 5.74) is 6.47. The van der Waals surface area contributed by atoms with Gasteiger partial charge in [0.15, 0.2) is 0 Å². The minimum Gasteiger partial charge on any atom is -0.384 e. The summed E-state index contributed by atoms with van der Waals surface area (Å²) in [6.07, 6.45) is 2.33. The molecule has 1 aromatic rings. The smallest absolute Gasteiger partial charge is 0.123 e. The number of hydrogen-bond acceptors (Lipinski definition) is 1. The number of amidine groups is 1. The van der Waals surface area contributed by atoms with Crippen LogP contribution in [0.25, 0.3) is 0 Å². The lowest BCUT2D eigenvalue weighted by Crippen LogP contribution is -2.21. The summed E-state index contributed by atoms with van der Waals surface area (Å²) in [7, 11) is -0.125. The fourth-order valence-electron chi connectivity index (χ4n) is 1.54. The fourth-order valence-corrected chi connectivity index (χ4v) is 3.50. The molecule has 0 fully saturated rings. The van der Waals surface area contributed by atoms with Gasteiger partial charge in [0.1, 0.15) is 5.84 Å². The Balaban J connectivity index is 3.11. The molecule has 0 bridgehead atoms. The molecule has 0 heterocycles. The standard InChI is InChI=1S/C11H17N2P/c1-3-14(4-2)10-8-6-5-7-9(10)11(12)13/h5-8H,3-4H2,1-2H3,(H3,12,13). The van der Waals surface area contributed by atoms with Crippen molar-refractivity contribution in [3.05, 3.63) is 29.8 Å². The quantitative estimate of drug-likeness (QED) is 0.444. The average Bonchev–Trinajstić information content (AvgIpc) is 2.20. The monoisotopic (exact) mass is 208 g/mol. The first kappa shape index (κ1) is 11.2. The van der Waals surface area contributed by atoms with Crippen LogP contribution in [0, 0.1) is 5.41 Å². The fraction of sp³-hybridized carbons (Fsp3) is 0.364. The molecule has 0 atom stereocenters. The van der Waals surface area contributed by atoms with Crippen LogP contribution in [0.4, 0.5) is 0 Å². The molecule has 0 saturated heterocycles.